The number of guanidine groups is 1. The highest BCUT2D eigenvalue weighted by atomic mass is 16.1. The number of anilines is 1. The smallest absolute Gasteiger partial charge is 0.246 e. The van der Waals surface area contributed by atoms with Crippen molar-refractivity contribution in [3.8, 4) is 12.3 Å². The van der Waals surface area contributed by atoms with Crippen LogP contribution in [0.3, 0.4) is 0 Å². The second-order valence-corrected chi connectivity index (χ2v) is 5.69. The van der Waals surface area contributed by atoms with Gasteiger partial charge >= 0.3 is 0 Å². The molecule has 8 nitrogen and oxygen atoms in total. The molecule has 27 heavy (non-hydrogen) atoms. The molecule has 0 aliphatic heterocycles. The molecular formula is C19H25N7O. The number of nitrogens with zero attached hydrogens (tertiary/aromatic N) is 4. The van der Waals surface area contributed by atoms with Gasteiger partial charge in [0.1, 0.15) is 18.7 Å². The minimum Gasteiger partial charge on any atom is -0.357 e. The van der Waals surface area contributed by atoms with E-state index in [9.17, 15) is 4.79 Å². The molecule has 0 unspecified atom stereocenters. The van der Waals surface area contributed by atoms with Crippen molar-refractivity contribution >= 4 is 17.6 Å². The Morgan fingerprint density at radius 3 is 2.93 bits per heavy atom. The van der Waals surface area contributed by atoms with Gasteiger partial charge in [-0.05, 0) is 25.1 Å². The zero-order chi connectivity index (χ0) is 19.5. The van der Waals surface area contributed by atoms with Crippen molar-refractivity contribution in [2.45, 2.75) is 26.8 Å². The third-order valence-corrected chi connectivity index (χ3v) is 3.70. The van der Waals surface area contributed by atoms with Crippen LogP contribution in [0.15, 0.2) is 35.6 Å². The summed E-state index contributed by atoms with van der Waals surface area (Å²) >= 11 is 0. The molecule has 0 saturated heterocycles. The van der Waals surface area contributed by atoms with E-state index in [4.69, 9.17) is 6.42 Å². The van der Waals surface area contributed by atoms with Crippen molar-refractivity contribution in [3.63, 3.8) is 0 Å². The summed E-state index contributed by atoms with van der Waals surface area (Å²) < 4.78 is 1.99. The number of nitrogens with one attached hydrogen (secondary N) is 3. The number of benzene rings is 1. The van der Waals surface area contributed by atoms with Crippen LogP contribution in [-0.2, 0) is 17.8 Å². The van der Waals surface area contributed by atoms with Gasteiger partial charge in [-0.15, -0.1) is 16.6 Å². The molecule has 8 heteroatoms. The number of aryl methyl sites for hydroxylation is 1. The topological polar surface area (TPSA) is 96.2 Å². The van der Waals surface area contributed by atoms with Crippen LogP contribution in [0.1, 0.15) is 25.2 Å². The van der Waals surface area contributed by atoms with Gasteiger partial charge in [0.25, 0.3) is 0 Å². The number of hydrogen-bond acceptors (Lipinski definition) is 4. The van der Waals surface area contributed by atoms with E-state index in [1.54, 1.807) is 30.6 Å². The highest BCUT2D eigenvalue weighted by Crippen LogP contribution is 2.09. The molecule has 1 heterocycles. The summed E-state index contributed by atoms with van der Waals surface area (Å²) in [5.74, 6) is 3.84. The largest absolute Gasteiger partial charge is 0.357 e. The molecule has 0 aliphatic carbocycles. The van der Waals surface area contributed by atoms with Crippen LogP contribution < -0.4 is 16.0 Å². The number of terminal acetylenes is 1. The van der Waals surface area contributed by atoms with Crippen molar-refractivity contribution in [3.05, 3.63) is 42.0 Å². The zero-order valence-corrected chi connectivity index (χ0v) is 15.7. The van der Waals surface area contributed by atoms with Gasteiger partial charge in [0.2, 0.25) is 5.91 Å². The Labute approximate surface area is 159 Å². The number of amides is 1. The molecule has 0 spiro atoms. The second kappa shape index (κ2) is 10.6. The molecular weight excluding hydrogens is 342 g/mol. The van der Waals surface area contributed by atoms with Crippen molar-refractivity contribution in [2.24, 2.45) is 4.99 Å². The third kappa shape index (κ3) is 6.47. The van der Waals surface area contributed by atoms with Crippen LogP contribution in [0.4, 0.5) is 5.69 Å². The Bertz CT molecular complexity index is 819. The monoisotopic (exact) mass is 367 g/mol. The van der Waals surface area contributed by atoms with E-state index in [0.717, 1.165) is 12.2 Å². The molecule has 2 rings (SSSR count). The molecule has 0 radical (unpaired) electrons. The van der Waals surface area contributed by atoms with Crippen molar-refractivity contribution < 1.29 is 4.79 Å². The minimum absolute atomic E-state index is 0.00244. The number of carbonyl (C=O) groups excluding carboxylic acids is 1. The maximum atomic E-state index is 12.1. The fourth-order valence-corrected chi connectivity index (χ4v) is 2.41. The first kappa shape index (κ1) is 20.0. The van der Waals surface area contributed by atoms with Crippen LogP contribution in [0.25, 0.3) is 0 Å². The number of aliphatic imine (C=N–C) groups is 1. The van der Waals surface area contributed by atoms with E-state index >= 15 is 0 Å². The normalized spacial score (nSPS) is 10.9. The lowest BCUT2D eigenvalue weighted by molar-refractivity contribution is -0.114. The van der Waals surface area contributed by atoms with Crippen LogP contribution >= 0.6 is 0 Å². The lowest BCUT2D eigenvalue weighted by Crippen LogP contribution is -2.39. The lowest BCUT2D eigenvalue weighted by atomic mass is 10.2. The van der Waals surface area contributed by atoms with Crippen LogP contribution in [0, 0.1) is 12.3 Å². The SMILES string of the molecule is C#Cc1cccc(NC(=O)CN=C(NCC)NCCn2cnnc2CC)c1. The lowest BCUT2D eigenvalue weighted by Gasteiger charge is -2.12. The first-order chi connectivity index (χ1) is 13.2. The van der Waals surface area contributed by atoms with Crippen LogP contribution in [0.5, 0.6) is 0 Å². The molecule has 3 N–H and O–H groups in total. The first-order valence-corrected chi connectivity index (χ1v) is 8.91. The number of hydrogen-bond donors (Lipinski definition) is 3. The molecule has 0 atom stereocenters. The summed E-state index contributed by atoms with van der Waals surface area (Å²) in [6.45, 7) is 6.07. The van der Waals surface area contributed by atoms with E-state index in [1.807, 2.05) is 18.4 Å². The fraction of sp³-hybridized carbons (Fsp3) is 0.368. The fourth-order valence-electron chi connectivity index (χ4n) is 2.41. The van der Waals surface area contributed by atoms with Crippen molar-refractivity contribution in [1.29, 1.82) is 0 Å². The number of aromatic nitrogens is 3. The van der Waals surface area contributed by atoms with Gasteiger partial charge in [-0.1, -0.05) is 18.9 Å². The van der Waals surface area contributed by atoms with Gasteiger partial charge in [0.15, 0.2) is 5.96 Å². The maximum Gasteiger partial charge on any atom is 0.246 e. The Kier molecular flexibility index (Phi) is 7.85. The summed E-state index contributed by atoms with van der Waals surface area (Å²) in [5.41, 5.74) is 1.37. The second-order valence-electron chi connectivity index (χ2n) is 5.69. The molecule has 142 valence electrons. The average Bonchev–Trinajstić information content (AvgIpc) is 3.13. The summed E-state index contributed by atoms with van der Waals surface area (Å²) in [6, 6.07) is 7.14. The van der Waals surface area contributed by atoms with E-state index < -0.39 is 0 Å². The van der Waals surface area contributed by atoms with Crippen molar-refractivity contribution in [1.82, 2.24) is 25.4 Å². The number of carbonyl (C=O) groups is 1. The van der Waals surface area contributed by atoms with E-state index in [1.165, 1.54) is 0 Å². The molecule has 0 aliphatic rings. The van der Waals surface area contributed by atoms with Crippen LogP contribution in [-0.4, -0.2) is 46.3 Å². The van der Waals surface area contributed by atoms with Gasteiger partial charge in [-0.25, -0.2) is 4.99 Å². The molecule has 1 aromatic heterocycles. The Morgan fingerprint density at radius 2 is 2.19 bits per heavy atom. The van der Waals surface area contributed by atoms with Gasteiger partial charge in [-0.2, -0.15) is 0 Å². The van der Waals surface area contributed by atoms with Crippen LogP contribution in [0.2, 0.25) is 0 Å². The summed E-state index contributed by atoms with van der Waals surface area (Å²) in [5, 5.41) is 17.1. The molecule has 0 saturated carbocycles. The summed E-state index contributed by atoms with van der Waals surface area (Å²) in [6.07, 6.45) is 7.91. The van der Waals surface area contributed by atoms with E-state index in [-0.39, 0.29) is 12.5 Å². The Hall–Kier alpha value is -3.34. The van der Waals surface area contributed by atoms with Gasteiger partial charge in [0.05, 0.1) is 0 Å². The average molecular weight is 367 g/mol. The quantitative estimate of drug-likeness (QED) is 0.368. The third-order valence-electron chi connectivity index (χ3n) is 3.70. The Morgan fingerprint density at radius 1 is 1.33 bits per heavy atom. The standard InChI is InChI=1S/C19H25N7O/c1-4-15-8-7-9-16(12-15)24-18(27)13-22-19(20-6-3)21-10-11-26-14-23-25-17(26)5-2/h1,7-9,12,14H,5-6,10-11,13H2,2-3H3,(H,24,27)(H2,20,21,22). The first-order valence-electron chi connectivity index (χ1n) is 8.91. The molecule has 0 bridgehead atoms. The molecule has 1 amide bonds. The highest BCUT2D eigenvalue weighted by Gasteiger charge is 2.05. The van der Waals surface area contributed by atoms with Gasteiger partial charge < -0.3 is 20.5 Å². The maximum absolute atomic E-state index is 12.1. The molecule has 1 aromatic carbocycles. The predicted molar refractivity (Wildman–Crippen MR) is 106 cm³/mol. The molecule has 2 aromatic rings. The highest BCUT2D eigenvalue weighted by molar-refractivity contribution is 5.94. The minimum atomic E-state index is -0.214. The van der Waals surface area contributed by atoms with Gasteiger partial charge in [0, 0.05) is 37.3 Å². The Balaban J connectivity index is 1.86. The van der Waals surface area contributed by atoms with Crippen molar-refractivity contribution in [2.75, 3.05) is 25.0 Å². The predicted octanol–water partition coefficient (Wildman–Crippen LogP) is 1.02. The summed E-state index contributed by atoms with van der Waals surface area (Å²) in [7, 11) is 0. The summed E-state index contributed by atoms with van der Waals surface area (Å²) in [4.78, 5) is 16.4. The molecule has 0 fully saturated rings. The van der Waals surface area contributed by atoms with E-state index in [0.29, 0.717) is 36.8 Å². The van der Waals surface area contributed by atoms with Gasteiger partial charge in [-0.3, -0.25) is 4.79 Å². The van der Waals surface area contributed by atoms with E-state index in [2.05, 4.69) is 37.1 Å². The number of rotatable bonds is 8. The zero-order valence-electron chi connectivity index (χ0n) is 15.7.